The van der Waals surface area contributed by atoms with Crippen molar-refractivity contribution in [1.82, 2.24) is 8.61 Å². The second kappa shape index (κ2) is 6.49. The van der Waals surface area contributed by atoms with Crippen molar-refractivity contribution in [3.8, 4) is 0 Å². The Bertz CT molecular complexity index is 383. The number of hydrogen-bond acceptors (Lipinski definition) is 3. The zero-order valence-electron chi connectivity index (χ0n) is 11.0. The number of carboxylic acids is 1. The van der Waals surface area contributed by atoms with Gasteiger partial charge in [0.15, 0.2) is 0 Å². The Morgan fingerprint density at radius 1 is 1.44 bits per heavy atom. The van der Waals surface area contributed by atoms with E-state index >= 15 is 0 Å². The summed E-state index contributed by atoms with van der Waals surface area (Å²) < 4.78 is 27.4. The van der Waals surface area contributed by atoms with Gasteiger partial charge in [-0.25, -0.2) is 0 Å². The van der Waals surface area contributed by atoms with Gasteiger partial charge in [-0.2, -0.15) is 17.0 Å². The maximum Gasteiger partial charge on any atom is 0.307 e. The maximum atomic E-state index is 12.3. The van der Waals surface area contributed by atoms with E-state index in [1.807, 2.05) is 6.92 Å². The molecule has 7 heteroatoms. The molecule has 0 amide bonds. The van der Waals surface area contributed by atoms with Gasteiger partial charge in [0.1, 0.15) is 0 Å². The molecule has 1 aliphatic heterocycles. The molecule has 0 aromatic heterocycles. The highest BCUT2D eigenvalue weighted by Gasteiger charge is 2.34. The predicted molar refractivity (Wildman–Crippen MR) is 68.4 cm³/mol. The van der Waals surface area contributed by atoms with Crippen molar-refractivity contribution >= 4 is 16.2 Å². The van der Waals surface area contributed by atoms with Crippen LogP contribution in [0.4, 0.5) is 0 Å². The Hall–Kier alpha value is -0.660. The maximum absolute atomic E-state index is 12.3. The average molecular weight is 278 g/mol. The first-order chi connectivity index (χ1) is 8.43. The van der Waals surface area contributed by atoms with Crippen LogP contribution in [0.3, 0.4) is 0 Å². The van der Waals surface area contributed by atoms with Crippen LogP contribution in [0.1, 0.15) is 33.1 Å². The molecule has 0 radical (unpaired) electrons. The molecular weight excluding hydrogens is 256 g/mol. The Labute approximate surface area is 109 Å². The van der Waals surface area contributed by atoms with E-state index in [0.29, 0.717) is 32.5 Å². The molecule has 106 valence electrons. The number of nitrogens with zero attached hydrogens (tertiary/aromatic N) is 2. The molecule has 1 aliphatic rings. The van der Waals surface area contributed by atoms with E-state index in [9.17, 15) is 13.2 Å². The van der Waals surface area contributed by atoms with Gasteiger partial charge in [-0.3, -0.25) is 4.79 Å². The van der Waals surface area contributed by atoms with E-state index in [4.69, 9.17) is 5.11 Å². The highest BCUT2D eigenvalue weighted by atomic mass is 32.2. The van der Waals surface area contributed by atoms with Crippen LogP contribution >= 0.6 is 0 Å². The number of aliphatic carboxylic acids is 1. The largest absolute Gasteiger partial charge is 0.481 e. The topological polar surface area (TPSA) is 77.9 Å². The van der Waals surface area contributed by atoms with Crippen LogP contribution in [-0.4, -0.2) is 54.3 Å². The SMILES string of the molecule is CCCN(CC)S(=O)(=O)N1CCCC(C(=O)O)C1. The zero-order valence-corrected chi connectivity index (χ0v) is 11.8. The number of rotatable bonds is 6. The highest BCUT2D eigenvalue weighted by molar-refractivity contribution is 7.86. The summed E-state index contributed by atoms with van der Waals surface area (Å²) in [6, 6.07) is 0. The fraction of sp³-hybridized carbons (Fsp3) is 0.909. The van der Waals surface area contributed by atoms with Crippen molar-refractivity contribution in [2.75, 3.05) is 26.2 Å². The van der Waals surface area contributed by atoms with Crippen LogP contribution in [0.15, 0.2) is 0 Å². The molecule has 6 nitrogen and oxygen atoms in total. The first-order valence-corrected chi connectivity index (χ1v) is 7.81. The molecule has 1 unspecified atom stereocenters. The number of piperidine rings is 1. The van der Waals surface area contributed by atoms with Gasteiger partial charge in [0.25, 0.3) is 10.2 Å². The fourth-order valence-electron chi connectivity index (χ4n) is 2.20. The third-order valence-electron chi connectivity index (χ3n) is 3.21. The third-order valence-corrected chi connectivity index (χ3v) is 5.29. The number of carboxylic acid groups (broad SMARTS) is 1. The molecule has 1 heterocycles. The third kappa shape index (κ3) is 3.43. The first-order valence-electron chi connectivity index (χ1n) is 6.41. The molecule has 0 aliphatic carbocycles. The lowest BCUT2D eigenvalue weighted by Crippen LogP contribution is -2.49. The summed E-state index contributed by atoms with van der Waals surface area (Å²) in [7, 11) is -3.50. The van der Waals surface area contributed by atoms with E-state index in [0.717, 1.165) is 6.42 Å². The first kappa shape index (κ1) is 15.4. The Kier molecular flexibility index (Phi) is 5.55. The Morgan fingerprint density at radius 2 is 2.11 bits per heavy atom. The minimum atomic E-state index is -3.50. The Morgan fingerprint density at radius 3 is 2.61 bits per heavy atom. The van der Waals surface area contributed by atoms with Crippen molar-refractivity contribution in [3.05, 3.63) is 0 Å². The molecule has 18 heavy (non-hydrogen) atoms. The summed E-state index contributed by atoms with van der Waals surface area (Å²) in [5.74, 6) is -1.48. The zero-order chi connectivity index (χ0) is 13.8. The van der Waals surface area contributed by atoms with Gasteiger partial charge in [-0.1, -0.05) is 13.8 Å². The summed E-state index contributed by atoms with van der Waals surface area (Å²) in [5, 5.41) is 8.99. The molecule has 0 aromatic rings. The van der Waals surface area contributed by atoms with Crippen LogP contribution < -0.4 is 0 Å². The lowest BCUT2D eigenvalue weighted by molar-refractivity contribution is -0.142. The summed E-state index contributed by atoms with van der Waals surface area (Å²) in [6.45, 7) is 5.14. The quantitative estimate of drug-likeness (QED) is 0.778. The second-order valence-electron chi connectivity index (χ2n) is 4.53. The monoisotopic (exact) mass is 278 g/mol. The van der Waals surface area contributed by atoms with E-state index in [1.165, 1.54) is 8.61 Å². The molecule has 1 rings (SSSR count). The van der Waals surface area contributed by atoms with Gasteiger partial charge in [0, 0.05) is 26.2 Å². The lowest BCUT2D eigenvalue weighted by atomic mass is 10.0. The minimum absolute atomic E-state index is 0.0951. The normalized spacial score (nSPS) is 22.3. The van der Waals surface area contributed by atoms with Gasteiger partial charge >= 0.3 is 5.97 Å². The molecule has 0 spiro atoms. The molecule has 1 atom stereocenters. The molecule has 1 fully saturated rings. The summed E-state index contributed by atoms with van der Waals surface area (Å²) >= 11 is 0. The predicted octanol–water partition coefficient (Wildman–Crippen LogP) is 0.760. The smallest absolute Gasteiger partial charge is 0.307 e. The van der Waals surface area contributed by atoms with Gasteiger partial charge in [-0.15, -0.1) is 0 Å². The van der Waals surface area contributed by atoms with Crippen LogP contribution in [0.5, 0.6) is 0 Å². The molecule has 0 aromatic carbocycles. The summed E-state index contributed by atoms with van der Waals surface area (Å²) in [5.41, 5.74) is 0. The lowest BCUT2D eigenvalue weighted by Gasteiger charge is -2.33. The van der Waals surface area contributed by atoms with Gasteiger partial charge < -0.3 is 5.11 Å². The highest BCUT2D eigenvalue weighted by Crippen LogP contribution is 2.21. The van der Waals surface area contributed by atoms with Gasteiger partial charge in [0.05, 0.1) is 5.92 Å². The molecule has 0 bridgehead atoms. The number of carbonyl (C=O) groups is 1. The van der Waals surface area contributed by atoms with E-state index in [2.05, 4.69) is 0 Å². The van der Waals surface area contributed by atoms with Crippen molar-refractivity contribution in [2.45, 2.75) is 33.1 Å². The minimum Gasteiger partial charge on any atom is -0.481 e. The van der Waals surface area contributed by atoms with E-state index in [1.54, 1.807) is 6.92 Å². The summed E-state index contributed by atoms with van der Waals surface area (Å²) in [4.78, 5) is 11.0. The summed E-state index contributed by atoms with van der Waals surface area (Å²) in [6.07, 6.45) is 1.92. The molecular formula is C11H22N2O4S. The molecule has 1 saturated heterocycles. The molecule has 0 saturated carbocycles. The van der Waals surface area contributed by atoms with E-state index < -0.39 is 22.1 Å². The van der Waals surface area contributed by atoms with Crippen LogP contribution in [0, 0.1) is 5.92 Å². The number of hydrogen-bond donors (Lipinski definition) is 1. The van der Waals surface area contributed by atoms with Crippen molar-refractivity contribution in [2.24, 2.45) is 5.92 Å². The standard InChI is InChI=1S/C11H22N2O4S/c1-3-7-12(4-2)18(16,17)13-8-5-6-10(9-13)11(14)15/h10H,3-9H2,1-2H3,(H,14,15). The van der Waals surface area contributed by atoms with Crippen LogP contribution in [-0.2, 0) is 15.0 Å². The van der Waals surface area contributed by atoms with Gasteiger partial charge in [0.2, 0.25) is 0 Å². The van der Waals surface area contributed by atoms with Crippen LogP contribution in [0.25, 0.3) is 0 Å². The molecule has 1 N–H and O–H groups in total. The second-order valence-corrected chi connectivity index (χ2v) is 6.46. The Balaban J connectivity index is 2.80. The van der Waals surface area contributed by atoms with Gasteiger partial charge in [-0.05, 0) is 19.3 Å². The average Bonchev–Trinajstić information content (AvgIpc) is 2.35. The fourth-order valence-corrected chi connectivity index (χ4v) is 4.00. The van der Waals surface area contributed by atoms with Crippen LogP contribution in [0.2, 0.25) is 0 Å². The van der Waals surface area contributed by atoms with E-state index in [-0.39, 0.29) is 6.54 Å². The van der Waals surface area contributed by atoms with Crippen molar-refractivity contribution in [3.63, 3.8) is 0 Å². The van der Waals surface area contributed by atoms with Crippen molar-refractivity contribution in [1.29, 1.82) is 0 Å². The van der Waals surface area contributed by atoms with Crippen molar-refractivity contribution < 1.29 is 18.3 Å².